The number of hydrogen-bond donors (Lipinski definition) is 2. The summed E-state index contributed by atoms with van der Waals surface area (Å²) in [6, 6.07) is 7.63. The SMILES string of the molecule is CC(C)c1ccc(NS(=O)(=O)CC2CCCNC2)cc1. The summed E-state index contributed by atoms with van der Waals surface area (Å²) in [4.78, 5) is 0. The zero-order valence-electron chi connectivity index (χ0n) is 12.2. The molecule has 1 aromatic rings. The van der Waals surface area contributed by atoms with Crippen molar-refractivity contribution in [3.63, 3.8) is 0 Å². The summed E-state index contributed by atoms with van der Waals surface area (Å²) in [5.41, 5.74) is 1.86. The average molecular weight is 296 g/mol. The number of anilines is 1. The van der Waals surface area contributed by atoms with Crippen molar-refractivity contribution in [3.05, 3.63) is 29.8 Å². The molecule has 1 fully saturated rings. The highest BCUT2D eigenvalue weighted by Crippen LogP contribution is 2.19. The van der Waals surface area contributed by atoms with E-state index in [2.05, 4.69) is 23.9 Å². The third-order valence-electron chi connectivity index (χ3n) is 3.70. The Morgan fingerprint density at radius 1 is 1.30 bits per heavy atom. The van der Waals surface area contributed by atoms with Gasteiger partial charge >= 0.3 is 0 Å². The maximum Gasteiger partial charge on any atom is 0.233 e. The van der Waals surface area contributed by atoms with Crippen LogP contribution in [0, 0.1) is 5.92 Å². The van der Waals surface area contributed by atoms with E-state index in [9.17, 15) is 8.42 Å². The standard InChI is InChI=1S/C15H24N2O2S/c1-12(2)14-5-7-15(8-6-14)17-20(18,19)11-13-4-3-9-16-10-13/h5-8,12-13,16-17H,3-4,9-11H2,1-2H3. The Balaban J connectivity index is 1.96. The molecule has 1 saturated heterocycles. The number of rotatable bonds is 5. The van der Waals surface area contributed by atoms with E-state index < -0.39 is 10.0 Å². The molecule has 1 heterocycles. The fraction of sp³-hybridized carbons (Fsp3) is 0.600. The van der Waals surface area contributed by atoms with Crippen molar-refractivity contribution in [3.8, 4) is 0 Å². The summed E-state index contributed by atoms with van der Waals surface area (Å²) in [6.07, 6.45) is 2.05. The van der Waals surface area contributed by atoms with E-state index in [4.69, 9.17) is 0 Å². The van der Waals surface area contributed by atoms with Crippen LogP contribution in [-0.2, 0) is 10.0 Å². The lowest BCUT2D eigenvalue weighted by molar-refractivity contribution is 0.404. The average Bonchev–Trinajstić information content (AvgIpc) is 2.39. The molecule has 0 saturated carbocycles. The van der Waals surface area contributed by atoms with Crippen molar-refractivity contribution in [1.82, 2.24) is 5.32 Å². The molecule has 1 aliphatic rings. The highest BCUT2D eigenvalue weighted by Gasteiger charge is 2.21. The van der Waals surface area contributed by atoms with Crippen molar-refractivity contribution >= 4 is 15.7 Å². The van der Waals surface area contributed by atoms with Crippen molar-refractivity contribution in [2.45, 2.75) is 32.6 Å². The summed E-state index contributed by atoms with van der Waals surface area (Å²) < 4.78 is 27.0. The molecule has 0 amide bonds. The zero-order valence-corrected chi connectivity index (χ0v) is 13.0. The highest BCUT2D eigenvalue weighted by molar-refractivity contribution is 7.92. The Morgan fingerprint density at radius 3 is 2.55 bits per heavy atom. The molecular weight excluding hydrogens is 272 g/mol. The number of hydrogen-bond acceptors (Lipinski definition) is 3. The number of sulfonamides is 1. The molecular formula is C15H24N2O2S. The lowest BCUT2D eigenvalue weighted by Crippen LogP contribution is -2.35. The smallest absolute Gasteiger partial charge is 0.233 e. The second-order valence-corrected chi connectivity index (χ2v) is 7.64. The molecule has 2 rings (SSSR count). The molecule has 0 bridgehead atoms. The molecule has 1 aliphatic heterocycles. The molecule has 112 valence electrons. The van der Waals surface area contributed by atoms with Crippen LogP contribution in [-0.4, -0.2) is 27.3 Å². The van der Waals surface area contributed by atoms with Gasteiger partial charge in [0.25, 0.3) is 0 Å². The topological polar surface area (TPSA) is 58.2 Å². The van der Waals surface area contributed by atoms with E-state index in [0.29, 0.717) is 11.6 Å². The first-order chi connectivity index (χ1) is 9.46. The molecule has 1 aromatic carbocycles. The minimum absolute atomic E-state index is 0.200. The van der Waals surface area contributed by atoms with Crippen molar-refractivity contribution < 1.29 is 8.42 Å². The van der Waals surface area contributed by atoms with Crippen LogP contribution < -0.4 is 10.0 Å². The fourth-order valence-corrected chi connectivity index (χ4v) is 4.02. The fourth-order valence-electron chi connectivity index (χ4n) is 2.53. The Kier molecular flexibility index (Phi) is 5.05. The first kappa shape index (κ1) is 15.3. The van der Waals surface area contributed by atoms with Crippen LogP contribution in [0.5, 0.6) is 0 Å². The Bertz CT molecular complexity index is 517. The minimum atomic E-state index is -3.26. The van der Waals surface area contributed by atoms with E-state index >= 15 is 0 Å². The van der Waals surface area contributed by atoms with E-state index in [1.54, 1.807) is 0 Å². The van der Waals surface area contributed by atoms with Gasteiger partial charge in [-0.15, -0.1) is 0 Å². The maximum atomic E-state index is 12.1. The van der Waals surface area contributed by atoms with Crippen LogP contribution in [0.4, 0.5) is 5.69 Å². The Labute approximate surface area is 122 Å². The molecule has 1 atom stereocenters. The van der Waals surface area contributed by atoms with E-state index in [0.717, 1.165) is 25.9 Å². The van der Waals surface area contributed by atoms with Crippen LogP contribution in [0.2, 0.25) is 0 Å². The normalized spacial score (nSPS) is 20.1. The summed E-state index contributed by atoms with van der Waals surface area (Å²) in [5, 5.41) is 3.25. The van der Waals surface area contributed by atoms with Crippen LogP contribution in [0.15, 0.2) is 24.3 Å². The predicted molar refractivity (Wildman–Crippen MR) is 83.5 cm³/mol. The van der Waals surface area contributed by atoms with Gasteiger partial charge in [0.2, 0.25) is 10.0 Å². The predicted octanol–water partition coefficient (Wildman–Crippen LogP) is 2.55. The van der Waals surface area contributed by atoms with Gasteiger partial charge in [-0.3, -0.25) is 4.72 Å². The van der Waals surface area contributed by atoms with Gasteiger partial charge < -0.3 is 5.32 Å². The van der Waals surface area contributed by atoms with Gasteiger partial charge in [-0.25, -0.2) is 8.42 Å². The lowest BCUT2D eigenvalue weighted by Gasteiger charge is -2.22. The summed E-state index contributed by atoms with van der Waals surface area (Å²) in [6.45, 7) is 6.04. The van der Waals surface area contributed by atoms with Crippen molar-refractivity contribution in [2.24, 2.45) is 5.92 Å². The van der Waals surface area contributed by atoms with Gasteiger partial charge in [0.1, 0.15) is 0 Å². The van der Waals surface area contributed by atoms with E-state index in [1.807, 2.05) is 24.3 Å². The molecule has 1 unspecified atom stereocenters. The Morgan fingerprint density at radius 2 is 2.00 bits per heavy atom. The summed E-state index contributed by atoms with van der Waals surface area (Å²) >= 11 is 0. The third-order valence-corrected chi connectivity index (χ3v) is 5.16. The summed E-state index contributed by atoms with van der Waals surface area (Å²) in [7, 11) is -3.26. The third kappa shape index (κ3) is 4.49. The second-order valence-electron chi connectivity index (χ2n) is 5.87. The van der Waals surface area contributed by atoms with Crippen LogP contribution >= 0.6 is 0 Å². The molecule has 20 heavy (non-hydrogen) atoms. The maximum absolute atomic E-state index is 12.1. The summed E-state index contributed by atoms with van der Waals surface area (Å²) in [5.74, 6) is 0.872. The van der Waals surface area contributed by atoms with Crippen molar-refractivity contribution in [2.75, 3.05) is 23.6 Å². The quantitative estimate of drug-likeness (QED) is 0.878. The van der Waals surface area contributed by atoms with Gasteiger partial charge in [-0.1, -0.05) is 26.0 Å². The van der Waals surface area contributed by atoms with E-state index in [-0.39, 0.29) is 11.7 Å². The Hall–Kier alpha value is -1.07. The van der Waals surface area contributed by atoms with E-state index in [1.165, 1.54) is 5.56 Å². The van der Waals surface area contributed by atoms with Gasteiger partial charge in [0.05, 0.1) is 5.75 Å². The first-order valence-corrected chi connectivity index (χ1v) is 8.92. The minimum Gasteiger partial charge on any atom is -0.316 e. The monoisotopic (exact) mass is 296 g/mol. The van der Waals surface area contributed by atoms with Gasteiger partial charge in [0.15, 0.2) is 0 Å². The number of benzene rings is 1. The second kappa shape index (κ2) is 6.59. The molecule has 5 heteroatoms. The molecule has 0 radical (unpaired) electrons. The largest absolute Gasteiger partial charge is 0.316 e. The van der Waals surface area contributed by atoms with Crippen LogP contribution in [0.25, 0.3) is 0 Å². The van der Waals surface area contributed by atoms with Gasteiger partial charge in [0, 0.05) is 5.69 Å². The first-order valence-electron chi connectivity index (χ1n) is 7.27. The highest BCUT2D eigenvalue weighted by atomic mass is 32.2. The van der Waals surface area contributed by atoms with Gasteiger partial charge in [-0.05, 0) is 55.5 Å². The molecule has 4 nitrogen and oxygen atoms in total. The number of piperidine rings is 1. The zero-order chi connectivity index (χ0) is 14.6. The van der Waals surface area contributed by atoms with Crippen LogP contribution in [0.3, 0.4) is 0 Å². The molecule has 2 N–H and O–H groups in total. The van der Waals surface area contributed by atoms with Crippen molar-refractivity contribution in [1.29, 1.82) is 0 Å². The molecule has 0 aromatic heterocycles. The molecule has 0 spiro atoms. The van der Waals surface area contributed by atoms with Crippen LogP contribution in [0.1, 0.15) is 38.2 Å². The number of nitrogens with one attached hydrogen (secondary N) is 2. The van der Waals surface area contributed by atoms with Gasteiger partial charge in [-0.2, -0.15) is 0 Å². The molecule has 0 aliphatic carbocycles. The lowest BCUT2D eigenvalue weighted by atomic mass is 10.0.